The van der Waals surface area contributed by atoms with E-state index in [0.717, 1.165) is 24.3 Å². The van der Waals surface area contributed by atoms with Crippen LogP contribution >= 0.6 is 0 Å². The smallest absolute Gasteiger partial charge is 0.504 e. The Hall–Kier alpha value is -3.30. The highest BCUT2D eigenvalue weighted by Gasteiger charge is 2.32. The number of rotatable bonds is 5. The molecule has 0 atom stereocenters. The van der Waals surface area contributed by atoms with Gasteiger partial charge < -0.3 is 19.3 Å². The number of aromatic hydroxyl groups is 1. The Morgan fingerprint density at radius 3 is 2.35 bits per heavy atom. The van der Waals surface area contributed by atoms with Crippen molar-refractivity contribution in [1.82, 2.24) is 0 Å². The quantitative estimate of drug-likeness (QED) is 0.374. The van der Waals surface area contributed by atoms with Crippen molar-refractivity contribution in [2.75, 3.05) is 7.11 Å². The van der Waals surface area contributed by atoms with Crippen LogP contribution in [0.5, 0.6) is 23.0 Å². The fraction of sp³-hybridized carbons (Fsp3) is 0.125. The second-order valence-electron chi connectivity index (χ2n) is 4.76. The molecule has 0 aliphatic heterocycles. The van der Waals surface area contributed by atoms with Crippen molar-refractivity contribution in [2.45, 2.75) is 6.36 Å². The lowest BCUT2D eigenvalue weighted by atomic mass is 10.2. The van der Waals surface area contributed by atoms with Crippen molar-refractivity contribution < 1.29 is 46.5 Å². The monoisotopic (exact) mass is 374 g/mol. The molecule has 0 amide bonds. The Balaban J connectivity index is 2.28. The predicted octanol–water partition coefficient (Wildman–Crippen LogP) is 3.47. The van der Waals surface area contributed by atoms with Gasteiger partial charge >= 0.3 is 12.3 Å². The second kappa shape index (κ2) is 7.30. The number of hydrogen-bond donors (Lipinski definition) is 1. The minimum atomic E-state index is -5.02. The molecule has 0 saturated heterocycles. The highest BCUT2D eigenvalue weighted by atomic mass is 19.4. The predicted molar refractivity (Wildman–Crippen MR) is 78.1 cm³/mol. The lowest BCUT2D eigenvalue weighted by molar-refractivity contribution is -0.275. The summed E-state index contributed by atoms with van der Waals surface area (Å²) in [5, 5.41) is 9.54. The van der Waals surface area contributed by atoms with Crippen molar-refractivity contribution in [2.24, 2.45) is 0 Å². The van der Waals surface area contributed by atoms with Gasteiger partial charge in [0.1, 0.15) is 5.82 Å². The van der Waals surface area contributed by atoms with Crippen LogP contribution in [0.15, 0.2) is 30.3 Å². The van der Waals surface area contributed by atoms with Gasteiger partial charge in [0, 0.05) is 6.07 Å². The normalized spacial score (nSPS) is 11.0. The second-order valence-corrected chi connectivity index (χ2v) is 4.76. The number of phenolic OH excluding ortho intramolecular Hbond substituents is 1. The van der Waals surface area contributed by atoms with Gasteiger partial charge in [-0.1, -0.05) is 0 Å². The molecule has 0 aliphatic carbocycles. The van der Waals surface area contributed by atoms with Crippen LogP contribution in [-0.2, 0) is 0 Å². The summed E-state index contributed by atoms with van der Waals surface area (Å²) in [4.78, 5) is 22.9. The van der Waals surface area contributed by atoms with Crippen LogP contribution in [0.1, 0.15) is 20.7 Å². The number of alkyl halides is 3. The molecule has 2 aromatic carbocycles. The largest absolute Gasteiger partial charge is 0.573 e. The van der Waals surface area contributed by atoms with Crippen molar-refractivity contribution in [3.8, 4) is 23.0 Å². The highest BCUT2D eigenvalue weighted by molar-refractivity contribution is 5.92. The van der Waals surface area contributed by atoms with Crippen molar-refractivity contribution in [3.63, 3.8) is 0 Å². The number of hydrogen-bond acceptors (Lipinski definition) is 6. The maximum absolute atomic E-state index is 13.5. The van der Waals surface area contributed by atoms with E-state index in [4.69, 9.17) is 9.47 Å². The van der Waals surface area contributed by atoms with Crippen LogP contribution in [0.3, 0.4) is 0 Å². The molecular weight excluding hydrogens is 364 g/mol. The summed E-state index contributed by atoms with van der Waals surface area (Å²) in [7, 11) is 1.17. The van der Waals surface area contributed by atoms with E-state index in [2.05, 4.69) is 4.74 Å². The van der Waals surface area contributed by atoms with Gasteiger partial charge in [-0.05, 0) is 24.3 Å². The highest BCUT2D eigenvalue weighted by Crippen LogP contribution is 2.33. The zero-order chi connectivity index (χ0) is 19.5. The maximum atomic E-state index is 13.5. The molecule has 2 rings (SSSR count). The van der Waals surface area contributed by atoms with Gasteiger partial charge in [0.2, 0.25) is 0 Å². The molecule has 6 nitrogen and oxygen atoms in total. The number of phenols is 1. The Bertz CT molecular complexity index is 847. The molecule has 0 aromatic heterocycles. The van der Waals surface area contributed by atoms with Crippen molar-refractivity contribution in [1.29, 1.82) is 0 Å². The summed E-state index contributed by atoms with van der Waals surface area (Å²) in [6.07, 6.45) is -4.83. The lowest BCUT2D eigenvalue weighted by Crippen LogP contribution is -2.17. The molecule has 2 aromatic rings. The van der Waals surface area contributed by atoms with E-state index < -0.39 is 35.2 Å². The molecule has 0 heterocycles. The Morgan fingerprint density at radius 2 is 1.81 bits per heavy atom. The summed E-state index contributed by atoms with van der Waals surface area (Å²) in [6.45, 7) is 0. The number of esters is 1. The number of carbonyl (C=O) groups is 2. The Labute approximate surface area is 143 Å². The number of aldehydes is 1. The van der Waals surface area contributed by atoms with Gasteiger partial charge in [-0.2, -0.15) is 0 Å². The first-order valence-corrected chi connectivity index (χ1v) is 6.78. The number of ether oxygens (including phenoxy) is 3. The van der Waals surface area contributed by atoms with Crippen LogP contribution in [-0.4, -0.2) is 30.8 Å². The Morgan fingerprint density at radius 1 is 1.12 bits per heavy atom. The molecule has 138 valence electrons. The molecule has 0 spiro atoms. The minimum absolute atomic E-state index is 0.192. The van der Waals surface area contributed by atoms with Crippen LogP contribution in [0.25, 0.3) is 0 Å². The van der Waals surface area contributed by atoms with Gasteiger partial charge in [-0.15, -0.1) is 13.2 Å². The molecule has 1 N–H and O–H groups in total. The van der Waals surface area contributed by atoms with E-state index in [-0.39, 0.29) is 23.3 Å². The zero-order valence-electron chi connectivity index (χ0n) is 13.0. The topological polar surface area (TPSA) is 82.1 Å². The van der Waals surface area contributed by atoms with E-state index in [1.165, 1.54) is 7.11 Å². The van der Waals surface area contributed by atoms with Gasteiger partial charge in [0.15, 0.2) is 29.3 Å². The SMILES string of the molecule is COc1cc(F)c(C=O)cc1OC(=O)c1ccc(OC(F)(F)F)c(O)c1. The van der Waals surface area contributed by atoms with Crippen LogP contribution in [0.4, 0.5) is 17.6 Å². The van der Waals surface area contributed by atoms with Gasteiger partial charge in [-0.25, -0.2) is 9.18 Å². The average molecular weight is 374 g/mol. The third-order valence-electron chi connectivity index (χ3n) is 3.03. The van der Waals surface area contributed by atoms with Crippen LogP contribution < -0.4 is 14.2 Å². The van der Waals surface area contributed by atoms with E-state index in [0.29, 0.717) is 6.07 Å². The number of benzene rings is 2. The molecule has 0 unspecified atom stereocenters. The van der Waals surface area contributed by atoms with Crippen molar-refractivity contribution in [3.05, 3.63) is 47.3 Å². The maximum Gasteiger partial charge on any atom is 0.573 e. The Kier molecular flexibility index (Phi) is 5.34. The van der Waals surface area contributed by atoms with E-state index in [9.17, 15) is 32.3 Å². The summed E-state index contributed by atoms with van der Waals surface area (Å²) >= 11 is 0. The molecule has 0 saturated carbocycles. The molecule has 0 aliphatic rings. The fourth-order valence-electron chi connectivity index (χ4n) is 1.89. The number of methoxy groups -OCH3 is 1. The first-order chi connectivity index (χ1) is 12.1. The standard InChI is InChI=1S/C16H10F4O6/c1-24-13-6-10(17)9(7-21)5-14(13)25-15(23)8-2-3-12(11(22)4-8)26-16(18,19)20/h2-7,22H,1H3. The van der Waals surface area contributed by atoms with Crippen LogP contribution in [0.2, 0.25) is 0 Å². The minimum Gasteiger partial charge on any atom is -0.504 e. The molecule has 0 fully saturated rings. The molecule has 26 heavy (non-hydrogen) atoms. The fourth-order valence-corrected chi connectivity index (χ4v) is 1.89. The summed E-state index contributed by atoms with van der Waals surface area (Å²) in [5.74, 6) is -4.34. The third kappa shape index (κ3) is 4.41. The summed E-state index contributed by atoms with van der Waals surface area (Å²) < 4.78 is 63.3. The average Bonchev–Trinajstić information content (AvgIpc) is 2.56. The zero-order valence-corrected chi connectivity index (χ0v) is 13.0. The van der Waals surface area contributed by atoms with Gasteiger partial charge in [0.05, 0.1) is 18.2 Å². The van der Waals surface area contributed by atoms with E-state index >= 15 is 0 Å². The molecule has 0 radical (unpaired) electrons. The van der Waals surface area contributed by atoms with E-state index in [1.807, 2.05) is 0 Å². The molecule has 10 heteroatoms. The van der Waals surface area contributed by atoms with Crippen LogP contribution in [0, 0.1) is 5.82 Å². The molecular formula is C16H10F4O6. The van der Waals surface area contributed by atoms with Gasteiger partial charge in [0.25, 0.3) is 0 Å². The van der Waals surface area contributed by atoms with Gasteiger partial charge in [-0.3, -0.25) is 4.79 Å². The third-order valence-corrected chi connectivity index (χ3v) is 3.03. The van der Waals surface area contributed by atoms with E-state index in [1.54, 1.807) is 0 Å². The first-order valence-electron chi connectivity index (χ1n) is 6.78. The number of halogens is 4. The number of carbonyl (C=O) groups excluding carboxylic acids is 2. The molecule has 0 bridgehead atoms. The first kappa shape index (κ1) is 19.0. The summed E-state index contributed by atoms with van der Waals surface area (Å²) in [6, 6.07) is 4.07. The van der Waals surface area contributed by atoms with Crippen molar-refractivity contribution >= 4 is 12.3 Å². The lowest BCUT2D eigenvalue weighted by Gasteiger charge is -2.12. The summed E-state index contributed by atoms with van der Waals surface area (Å²) in [5.41, 5.74) is -0.721.